The van der Waals surface area contributed by atoms with Crippen LogP contribution in [0.5, 0.6) is 0 Å². The Morgan fingerprint density at radius 3 is 2.52 bits per heavy atom. The number of likely N-dealkylation sites (tertiary alicyclic amines) is 1. The lowest BCUT2D eigenvalue weighted by atomic mass is 9.85. The monoisotopic (exact) mass is 344 g/mol. The molecule has 3 atom stereocenters. The van der Waals surface area contributed by atoms with E-state index >= 15 is 0 Å². The van der Waals surface area contributed by atoms with E-state index in [1.54, 1.807) is 0 Å². The molecular weight excluding hydrogens is 312 g/mol. The van der Waals surface area contributed by atoms with E-state index in [-0.39, 0.29) is 18.4 Å². The number of fused-ring (bicyclic) bond motifs is 1. The number of piperidine rings is 1. The van der Waals surface area contributed by atoms with Gasteiger partial charge in [0.2, 0.25) is 5.91 Å². The average molecular weight is 345 g/mol. The number of halogens is 1. The fourth-order valence-electron chi connectivity index (χ4n) is 4.30. The van der Waals surface area contributed by atoms with Crippen molar-refractivity contribution in [3.05, 3.63) is 0 Å². The highest BCUT2D eigenvalue weighted by molar-refractivity contribution is 5.85. The van der Waals surface area contributed by atoms with Gasteiger partial charge in [0.1, 0.15) is 0 Å². The maximum absolute atomic E-state index is 12.7. The topological polar surface area (TPSA) is 41.6 Å². The van der Waals surface area contributed by atoms with Crippen LogP contribution in [-0.4, -0.2) is 48.7 Å². The highest BCUT2D eigenvalue weighted by Gasteiger charge is 2.40. The Balaban J connectivity index is 0.00000192. The predicted molar refractivity (Wildman–Crippen MR) is 94.9 cm³/mol. The molecular formula is C18H33ClN2O2. The standard InChI is InChI=1S/C18H32N2O2.ClH/c1-13(2)12-22-15-7-9-20(10-8-15)18(21)17-11-14-5-3-4-6-16(14)19-17;/h13-17,19H,3-12H2,1-2H3;1H. The largest absolute Gasteiger partial charge is 0.378 e. The van der Waals surface area contributed by atoms with Gasteiger partial charge >= 0.3 is 0 Å². The van der Waals surface area contributed by atoms with Crippen LogP contribution in [0.25, 0.3) is 0 Å². The van der Waals surface area contributed by atoms with E-state index in [2.05, 4.69) is 24.1 Å². The van der Waals surface area contributed by atoms with Gasteiger partial charge in [0, 0.05) is 25.7 Å². The molecule has 1 amide bonds. The molecule has 3 aliphatic rings. The summed E-state index contributed by atoms with van der Waals surface area (Å²) in [6, 6.07) is 0.691. The van der Waals surface area contributed by atoms with Crippen LogP contribution in [0.1, 0.15) is 58.8 Å². The second kappa shape index (κ2) is 8.68. The molecule has 5 heteroatoms. The van der Waals surface area contributed by atoms with E-state index in [1.807, 2.05) is 0 Å². The van der Waals surface area contributed by atoms with Crippen molar-refractivity contribution in [2.45, 2.75) is 77.0 Å². The summed E-state index contributed by atoms with van der Waals surface area (Å²) in [5.41, 5.74) is 0. The number of amides is 1. The fraction of sp³-hybridized carbons (Fsp3) is 0.944. The minimum absolute atomic E-state index is 0. The number of hydrogen-bond acceptors (Lipinski definition) is 3. The van der Waals surface area contributed by atoms with Gasteiger partial charge in [0.15, 0.2) is 0 Å². The lowest BCUT2D eigenvalue weighted by Gasteiger charge is -2.34. The summed E-state index contributed by atoms with van der Waals surface area (Å²) < 4.78 is 5.92. The molecule has 0 spiro atoms. The Morgan fingerprint density at radius 1 is 1.17 bits per heavy atom. The van der Waals surface area contributed by atoms with Gasteiger partial charge < -0.3 is 15.0 Å². The number of ether oxygens (including phenoxy) is 1. The van der Waals surface area contributed by atoms with Gasteiger partial charge in [-0.1, -0.05) is 26.7 Å². The third-order valence-electron chi connectivity index (χ3n) is 5.58. The number of rotatable bonds is 4. The maximum atomic E-state index is 12.7. The molecule has 23 heavy (non-hydrogen) atoms. The van der Waals surface area contributed by atoms with E-state index in [0.29, 0.717) is 24.0 Å². The van der Waals surface area contributed by atoms with Crippen LogP contribution in [0, 0.1) is 11.8 Å². The van der Waals surface area contributed by atoms with Crippen LogP contribution in [0.15, 0.2) is 0 Å². The zero-order valence-electron chi connectivity index (χ0n) is 14.6. The van der Waals surface area contributed by atoms with Crippen molar-refractivity contribution in [2.24, 2.45) is 11.8 Å². The zero-order chi connectivity index (χ0) is 15.5. The summed E-state index contributed by atoms with van der Waals surface area (Å²) in [5.74, 6) is 1.68. The van der Waals surface area contributed by atoms with E-state index in [9.17, 15) is 4.79 Å². The number of hydrogen-bond donors (Lipinski definition) is 1. The van der Waals surface area contributed by atoms with Crippen molar-refractivity contribution in [3.8, 4) is 0 Å². The molecule has 2 heterocycles. The summed E-state index contributed by atoms with van der Waals surface area (Å²) in [7, 11) is 0. The van der Waals surface area contributed by atoms with Gasteiger partial charge in [0.05, 0.1) is 12.1 Å². The van der Waals surface area contributed by atoms with Crippen molar-refractivity contribution < 1.29 is 9.53 Å². The summed E-state index contributed by atoms with van der Waals surface area (Å²) in [6.45, 7) is 6.95. The molecule has 1 saturated carbocycles. The molecule has 134 valence electrons. The molecule has 1 N–H and O–H groups in total. The molecule has 0 aromatic heterocycles. The Hall–Kier alpha value is -0.320. The quantitative estimate of drug-likeness (QED) is 0.852. The molecule has 2 aliphatic heterocycles. The van der Waals surface area contributed by atoms with Gasteiger partial charge in [-0.15, -0.1) is 12.4 Å². The first kappa shape index (κ1) is 19.0. The molecule has 3 unspecified atom stereocenters. The van der Waals surface area contributed by atoms with Gasteiger partial charge in [-0.3, -0.25) is 4.79 Å². The van der Waals surface area contributed by atoms with E-state index in [4.69, 9.17) is 4.74 Å². The third-order valence-corrected chi connectivity index (χ3v) is 5.58. The first-order valence-electron chi connectivity index (χ1n) is 9.30. The van der Waals surface area contributed by atoms with E-state index in [1.165, 1.54) is 25.7 Å². The molecule has 0 radical (unpaired) electrons. The second-order valence-electron chi connectivity index (χ2n) is 7.86. The highest BCUT2D eigenvalue weighted by Crippen LogP contribution is 2.34. The summed E-state index contributed by atoms with van der Waals surface area (Å²) in [5, 5.41) is 3.62. The summed E-state index contributed by atoms with van der Waals surface area (Å²) >= 11 is 0. The van der Waals surface area contributed by atoms with Crippen LogP contribution < -0.4 is 5.32 Å². The maximum Gasteiger partial charge on any atom is 0.239 e. The van der Waals surface area contributed by atoms with Gasteiger partial charge in [0.25, 0.3) is 0 Å². The van der Waals surface area contributed by atoms with Crippen molar-refractivity contribution in [3.63, 3.8) is 0 Å². The minimum Gasteiger partial charge on any atom is -0.378 e. The van der Waals surface area contributed by atoms with Crippen LogP contribution >= 0.6 is 12.4 Å². The van der Waals surface area contributed by atoms with Crippen molar-refractivity contribution >= 4 is 18.3 Å². The van der Waals surface area contributed by atoms with Gasteiger partial charge in [-0.05, 0) is 43.9 Å². The fourth-order valence-corrected chi connectivity index (χ4v) is 4.30. The third kappa shape index (κ3) is 4.83. The molecule has 0 bridgehead atoms. The Morgan fingerprint density at radius 2 is 1.87 bits per heavy atom. The van der Waals surface area contributed by atoms with Crippen molar-refractivity contribution in [1.82, 2.24) is 10.2 Å². The van der Waals surface area contributed by atoms with Crippen molar-refractivity contribution in [2.75, 3.05) is 19.7 Å². The van der Waals surface area contributed by atoms with Crippen LogP contribution in [0.4, 0.5) is 0 Å². The molecule has 3 rings (SSSR count). The lowest BCUT2D eigenvalue weighted by Crippen LogP contribution is -2.49. The van der Waals surface area contributed by atoms with Crippen molar-refractivity contribution in [1.29, 1.82) is 0 Å². The summed E-state index contributed by atoms with van der Waals surface area (Å²) in [4.78, 5) is 14.8. The molecule has 0 aromatic carbocycles. The zero-order valence-corrected chi connectivity index (χ0v) is 15.4. The average Bonchev–Trinajstić information content (AvgIpc) is 2.96. The molecule has 2 saturated heterocycles. The number of carbonyl (C=O) groups is 1. The number of nitrogens with one attached hydrogen (secondary N) is 1. The molecule has 0 aromatic rings. The smallest absolute Gasteiger partial charge is 0.239 e. The van der Waals surface area contributed by atoms with Gasteiger partial charge in [-0.2, -0.15) is 0 Å². The van der Waals surface area contributed by atoms with E-state index < -0.39 is 0 Å². The first-order chi connectivity index (χ1) is 10.6. The molecule has 1 aliphatic carbocycles. The molecule has 4 nitrogen and oxygen atoms in total. The minimum atomic E-state index is 0. The Labute approximate surface area is 147 Å². The Kier molecular flexibility index (Phi) is 7.18. The predicted octanol–water partition coefficient (Wildman–Crippen LogP) is 2.99. The van der Waals surface area contributed by atoms with E-state index in [0.717, 1.165) is 44.9 Å². The number of carbonyl (C=O) groups excluding carboxylic acids is 1. The highest BCUT2D eigenvalue weighted by atomic mass is 35.5. The van der Waals surface area contributed by atoms with Crippen LogP contribution in [-0.2, 0) is 9.53 Å². The normalized spacial score (nSPS) is 31.8. The lowest BCUT2D eigenvalue weighted by molar-refractivity contribution is -0.136. The first-order valence-corrected chi connectivity index (χ1v) is 9.30. The second-order valence-corrected chi connectivity index (χ2v) is 7.86. The van der Waals surface area contributed by atoms with Gasteiger partial charge in [-0.25, -0.2) is 0 Å². The van der Waals surface area contributed by atoms with Crippen LogP contribution in [0.2, 0.25) is 0 Å². The number of nitrogens with zero attached hydrogens (tertiary/aromatic N) is 1. The summed E-state index contributed by atoms with van der Waals surface area (Å²) in [6.07, 6.45) is 8.66. The van der Waals surface area contributed by atoms with Crippen LogP contribution in [0.3, 0.4) is 0 Å². The SMILES string of the molecule is CC(C)COC1CCN(C(=O)C2CC3CCCCC3N2)CC1.Cl. The molecule has 3 fully saturated rings. The Bertz CT molecular complexity index is 369.